The summed E-state index contributed by atoms with van der Waals surface area (Å²) < 4.78 is 0. The van der Waals surface area contributed by atoms with Crippen LogP contribution in [-0.2, 0) is 4.79 Å². The molecular formula is C18H19N3O2. The summed E-state index contributed by atoms with van der Waals surface area (Å²) in [4.78, 5) is 28.9. The number of hydrogen-bond acceptors (Lipinski definition) is 3. The number of aromatic nitrogens is 1. The zero-order valence-corrected chi connectivity index (χ0v) is 13.4. The second-order valence-electron chi connectivity index (χ2n) is 6.00. The molecule has 118 valence electrons. The highest BCUT2D eigenvalue weighted by Crippen LogP contribution is 2.27. The number of pyridine rings is 1. The Hall–Kier alpha value is -2.66. The predicted octanol–water partition coefficient (Wildman–Crippen LogP) is 2.49. The van der Waals surface area contributed by atoms with Gasteiger partial charge in [0.2, 0.25) is 5.91 Å². The molecule has 2 N–H and O–H groups in total. The first-order valence-corrected chi connectivity index (χ1v) is 7.45. The number of amides is 1. The Kier molecular flexibility index (Phi) is 3.88. The van der Waals surface area contributed by atoms with Crippen molar-refractivity contribution in [2.24, 2.45) is 0 Å². The highest BCUT2D eigenvalue weighted by molar-refractivity contribution is 6.07. The van der Waals surface area contributed by atoms with Crippen LogP contribution in [0.1, 0.15) is 5.56 Å². The molecule has 0 bridgehead atoms. The monoisotopic (exact) mass is 309 g/mol. The molecule has 0 unspecified atom stereocenters. The first kappa shape index (κ1) is 15.2. The van der Waals surface area contributed by atoms with Crippen molar-refractivity contribution >= 4 is 33.3 Å². The predicted molar refractivity (Wildman–Crippen MR) is 94.0 cm³/mol. The summed E-state index contributed by atoms with van der Waals surface area (Å²) in [7, 11) is 3.70. The van der Waals surface area contributed by atoms with Crippen LogP contribution in [0.25, 0.3) is 21.7 Å². The summed E-state index contributed by atoms with van der Waals surface area (Å²) >= 11 is 0. The third kappa shape index (κ3) is 2.96. The number of rotatable bonds is 3. The molecule has 1 heterocycles. The molecule has 3 rings (SSSR count). The van der Waals surface area contributed by atoms with Crippen molar-refractivity contribution in [3.05, 3.63) is 52.3 Å². The molecular weight excluding hydrogens is 290 g/mol. The molecule has 3 aromatic rings. The van der Waals surface area contributed by atoms with E-state index in [0.717, 1.165) is 27.5 Å². The smallest absolute Gasteiger partial charge is 0.256 e. The Morgan fingerprint density at radius 2 is 1.83 bits per heavy atom. The normalized spacial score (nSPS) is 11.3. The Bertz CT molecular complexity index is 958. The number of H-pyrrole nitrogens is 1. The average Bonchev–Trinajstić information content (AvgIpc) is 2.48. The molecule has 0 radical (unpaired) electrons. The second-order valence-corrected chi connectivity index (χ2v) is 6.00. The van der Waals surface area contributed by atoms with E-state index in [2.05, 4.69) is 10.3 Å². The molecule has 0 aliphatic carbocycles. The zero-order chi connectivity index (χ0) is 16.6. The molecule has 0 aliphatic heterocycles. The number of carbonyl (C=O) groups is 1. The Morgan fingerprint density at radius 3 is 2.52 bits per heavy atom. The fourth-order valence-electron chi connectivity index (χ4n) is 2.75. The van der Waals surface area contributed by atoms with Gasteiger partial charge in [0.25, 0.3) is 5.56 Å². The van der Waals surface area contributed by atoms with Crippen LogP contribution in [0.4, 0.5) is 5.69 Å². The first-order chi connectivity index (χ1) is 11.0. The van der Waals surface area contributed by atoms with Gasteiger partial charge in [-0.05, 0) is 50.2 Å². The van der Waals surface area contributed by atoms with Gasteiger partial charge in [0.15, 0.2) is 0 Å². The van der Waals surface area contributed by atoms with Crippen LogP contribution >= 0.6 is 0 Å². The maximum Gasteiger partial charge on any atom is 0.256 e. The van der Waals surface area contributed by atoms with Crippen molar-refractivity contribution in [3.63, 3.8) is 0 Å². The van der Waals surface area contributed by atoms with Crippen molar-refractivity contribution in [3.8, 4) is 0 Å². The number of carbonyl (C=O) groups excluding carboxylic acids is 1. The maximum absolute atomic E-state index is 12.2. The largest absolute Gasteiger partial charge is 0.325 e. The van der Waals surface area contributed by atoms with Crippen LogP contribution in [0.15, 0.2) is 41.2 Å². The molecule has 0 fully saturated rings. The summed E-state index contributed by atoms with van der Waals surface area (Å²) in [5, 5.41) is 5.39. The van der Waals surface area contributed by atoms with Crippen LogP contribution in [0.3, 0.4) is 0 Å². The van der Waals surface area contributed by atoms with Gasteiger partial charge in [0.05, 0.1) is 6.54 Å². The van der Waals surface area contributed by atoms with Crippen molar-refractivity contribution in [1.82, 2.24) is 9.88 Å². The van der Waals surface area contributed by atoms with E-state index in [4.69, 9.17) is 0 Å². The number of hydrogen-bond donors (Lipinski definition) is 2. The lowest BCUT2D eigenvalue weighted by Gasteiger charge is -2.13. The van der Waals surface area contributed by atoms with E-state index in [-0.39, 0.29) is 11.5 Å². The quantitative estimate of drug-likeness (QED) is 0.731. The Balaban J connectivity index is 2.16. The van der Waals surface area contributed by atoms with Gasteiger partial charge in [-0.2, -0.15) is 0 Å². The van der Waals surface area contributed by atoms with Crippen molar-refractivity contribution in [2.45, 2.75) is 6.92 Å². The van der Waals surface area contributed by atoms with Crippen LogP contribution in [0, 0.1) is 6.92 Å². The van der Waals surface area contributed by atoms with Crippen LogP contribution < -0.4 is 10.9 Å². The molecule has 0 saturated heterocycles. The van der Waals surface area contributed by atoms with E-state index in [9.17, 15) is 9.59 Å². The SMILES string of the molecule is Cc1cc2[nH]c(=O)c3ccccc3c2cc1NC(=O)CN(C)C. The Morgan fingerprint density at radius 1 is 1.13 bits per heavy atom. The number of likely N-dealkylation sites (N-methyl/N-ethyl adjacent to an activating group) is 1. The molecule has 1 aromatic heterocycles. The van der Waals surface area contributed by atoms with Gasteiger partial charge in [-0.15, -0.1) is 0 Å². The summed E-state index contributed by atoms with van der Waals surface area (Å²) in [5.41, 5.74) is 2.35. The van der Waals surface area contributed by atoms with E-state index in [1.54, 1.807) is 6.07 Å². The number of nitrogens with one attached hydrogen (secondary N) is 2. The summed E-state index contributed by atoms with van der Waals surface area (Å²) in [6, 6.07) is 11.3. The zero-order valence-electron chi connectivity index (χ0n) is 13.4. The van der Waals surface area contributed by atoms with Gasteiger partial charge in [-0.25, -0.2) is 0 Å². The van der Waals surface area contributed by atoms with Crippen molar-refractivity contribution in [2.75, 3.05) is 26.0 Å². The molecule has 5 nitrogen and oxygen atoms in total. The number of aromatic amines is 1. The van der Waals surface area contributed by atoms with Crippen LogP contribution in [-0.4, -0.2) is 36.4 Å². The van der Waals surface area contributed by atoms with Gasteiger partial charge in [-0.3, -0.25) is 9.59 Å². The molecule has 23 heavy (non-hydrogen) atoms. The van der Waals surface area contributed by atoms with Gasteiger partial charge >= 0.3 is 0 Å². The summed E-state index contributed by atoms with van der Waals surface area (Å²) in [5.74, 6) is -0.0637. The minimum absolute atomic E-state index is 0.0637. The third-order valence-electron chi connectivity index (χ3n) is 3.81. The highest BCUT2D eigenvalue weighted by Gasteiger charge is 2.10. The number of fused-ring (bicyclic) bond motifs is 3. The molecule has 5 heteroatoms. The van der Waals surface area contributed by atoms with E-state index in [0.29, 0.717) is 11.9 Å². The lowest BCUT2D eigenvalue weighted by molar-refractivity contribution is -0.116. The molecule has 0 aliphatic rings. The number of nitrogens with zero attached hydrogens (tertiary/aromatic N) is 1. The lowest BCUT2D eigenvalue weighted by atomic mass is 10.0. The van der Waals surface area contributed by atoms with E-state index in [1.165, 1.54) is 0 Å². The molecule has 0 spiro atoms. The van der Waals surface area contributed by atoms with Crippen LogP contribution in [0.5, 0.6) is 0 Å². The molecule has 0 saturated carbocycles. The summed E-state index contributed by atoms with van der Waals surface area (Å²) in [6.45, 7) is 2.24. The summed E-state index contributed by atoms with van der Waals surface area (Å²) in [6.07, 6.45) is 0. The minimum atomic E-state index is -0.100. The Labute approximate surface area is 133 Å². The van der Waals surface area contributed by atoms with E-state index < -0.39 is 0 Å². The fraction of sp³-hybridized carbons (Fsp3) is 0.222. The molecule has 1 amide bonds. The minimum Gasteiger partial charge on any atom is -0.325 e. The van der Waals surface area contributed by atoms with Gasteiger partial charge < -0.3 is 15.2 Å². The molecule has 0 atom stereocenters. The first-order valence-electron chi connectivity index (χ1n) is 7.45. The number of aryl methyl sites for hydroxylation is 1. The lowest BCUT2D eigenvalue weighted by Crippen LogP contribution is -2.27. The maximum atomic E-state index is 12.2. The van der Waals surface area contributed by atoms with Crippen molar-refractivity contribution < 1.29 is 4.79 Å². The number of benzene rings is 2. The number of anilines is 1. The standard InChI is InChI=1S/C18H19N3O2/c1-11-8-16-14(9-15(11)19-17(22)10-21(2)3)12-6-4-5-7-13(12)18(23)20-16/h4-9H,10H2,1-3H3,(H,19,22)(H,20,23). The second kappa shape index (κ2) is 5.85. The van der Waals surface area contributed by atoms with Gasteiger partial charge in [0.1, 0.15) is 0 Å². The van der Waals surface area contributed by atoms with Crippen LogP contribution in [0.2, 0.25) is 0 Å². The van der Waals surface area contributed by atoms with Gasteiger partial charge in [-0.1, -0.05) is 18.2 Å². The van der Waals surface area contributed by atoms with E-state index >= 15 is 0 Å². The van der Waals surface area contributed by atoms with Gasteiger partial charge in [0, 0.05) is 22.0 Å². The third-order valence-corrected chi connectivity index (χ3v) is 3.81. The average molecular weight is 309 g/mol. The molecule has 2 aromatic carbocycles. The topological polar surface area (TPSA) is 65.2 Å². The van der Waals surface area contributed by atoms with Crippen molar-refractivity contribution in [1.29, 1.82) is 0 Å². The fourth-order valence-corrected chi connectivity index (χ4v) is 2.75. The van der Waals surface area contributed by atoms with E-state index in [1.807, 2.05) is 56.3 Å². The highest BCUT2D eigenvalue weighted by atomic mass is 16.2.